The minimum Gasteiger partial charge on any atom is -0.282 e. The molecule has 0 unspecified atom stereocenters. The van der Waals surface area contributed by atoms with Crippen molar-refractivity contribution in [2.24, 2.45) is 0 Å². The fourth-order valence-corrected chi connectivity index (χ4v) is 11.0. The van der Waals surface area contributed by atoms with Crippen molar-refractivity contribution in [3.8, 4) is 0 Å². The van der Waals surface area contributed by atoms with Crippen molar-refractivity contribution < 1.29 is 21.4 Å². The highest BCUT2D eigenvalue weighted by Crippen LogP contribution is 2.46. The summed E-state index contributed by atoms with van der Waals surface area (Å²) in [5, 5.41) is 0. The minimum absolute atomic E-state index is 0.126. The fourth-order valence-electron chi connectivity index (χ4n) is 8.02. The largest absolute Gasteiger partial charge is 0.294 e. The van der Waals surface area contributed by atoms with Crippen molar-refractivity contribution in [2.45, 2.75) is 156 Å². The average molecular weight is 615 g/mol. The van der Waals surface area contributed by atoms with Crippen molar-refractivity contribution in [3.05, 3.63) is 57.6 Å². The van der Waals surface area contributed by atoms with Crippen LogP contribution >= 0.6 is 0 Å². The summed E-state index contributed by atoms with van der Waals surface area (Å²) in [5.41, 5.74) is 5.15. The second-order valence-corrected chi connectivity index (χ2v) is 17.1. The number of hydrogen-bond donors (Lipinski definition) is 1. The molecule has 2 aromatic carbocycles. The number of sulfone groups is 1. The summed E-state index contributed by atoms with van der Waals surface area (Å²) in [6, 6.07) is 7.77. The molecule has 5 nitrogen and oxygen atoms in total. The van der Waals surface area contributed by atoms with Gasteiger partial charge in [-0.3, -0.25) is 4.55 Å². The van der Waals surface area contributed by atoms with Gasteiger partial charge in [0.2, 0.25) is 0 Å². The highest BCUT2D eigenvalue weighted by molar-refractivity contribution is 7.90. The number of hydrogen-bond acceptors (Lipinski definition) is 4. The zero-order valence-corrected chi connectivity index (χ0v) is 27.5. The molecule has 0 amide bonds. The average Bonchev–Trinajstić information content (AvgIpc) is 2.98. The number of rotatable bonds is 8. The molecule has 42 heavy (non-hydrogen) atoms. The van der Waals surface area contributed by atoms with Crippen LogP contribution in [-0.4, -0.2) is 21.4 Å². The van der Waals surface area contributed by atoms with Crippen LogP contribution in [0.4, 0.5) is 0 Å². The van der Waals surface area contributed by atoms with Crippen LogP contribution in [0.15, 0.2) is 34.1 Å². The Morgan fingerprint density at radius 1 is 0.690 bits per heavy atom. The molecule has 5 rings (SSSR count). The first-order valence-electron chi connectivity index (χ1n) is 16.5. The topological polar surface area (TPSA) is 88.5 Å². The monoisotopic (exact) mass is 614 g/mol. The molecule has 0 bridgehead atoms. The molecule has 7 heteroatoms. The van der Waals surface area contributed by atoms with E-state index in [-0.39, 0.29) is 28.4 Å². The highest BCUT2D eigenvalue weighted by atomic mass is 32.2. The second-order valence-electron chi connectivity index (χ2n) is 13.7. The predicted molar refractivity (Wildman–Crippen MR) is 170 cm³/mol. The summed E-state index contributed by atoms with van der Waals surface area (Å²) in [4.78, 5) is 0.462. The molecule has 1 N–H and O–H groups in total. The summed E-state index contributed by atoms with van der Waals surface area (Å²) in [6.45, 7) is 5.48. The van der Waals surface area contributed by atoms with Crippen molar-refractivity contribution in [1.29, 1.82) is 0 Å². The molecule has 0 radical (unpaired) electrons. The number of benzene rings is 2. The maximum absolute atomic E-state index is 14.8. The predicted octanol–water partition coefficient (Wildman–Crippen LogP) is 9.48. The normalized spacial score (nSPS) is 20.3. The molecule has 0 saturated heterocycles. The Bertz CT molecular complexity index is 1430. The van der Waals surface area contributed by atoms with Gasteiger partial charge in [0.15, 0.2) is 9.84 Å². The first kappa shape index (κ1) is 31.7. The van der Waals surface area contributed by atoms with Gasteiger partial charge in [0.05, 0.1) is 15.5 Å². The number of aryl methyl sites for hydroxylation is 1. The quantitative estimate of drug-likeness (QED) is 0.299. The van der Waals surface area contributed by atoms with Gasteiger partial charge in [-0.15, -0.1) is 0 Å². The van der Waals surface area contributed by atoms with E-state index in [2.05, 4.69) is 12.1 Å². The Morgan fingerprint density at radius 2 is 1.14 bits per heavy atom. The molecule has 0 heterocycles. The summed E-state index contributed by atoms with van der Waals surface area (Å²) in [5.74, 6) is 0.706. The van der Waals surface area contributed by atoms with E-state index in [0.717, 1.165) is 62.5 Å². The smallest absolute Gasteiger partial charge is 0.282 e. The van der Waals surface area contributed by atoms with E-state index < -0.39 is 20.0 Å². The van der Waals surface area contributed by atoms with Gasteiger partial charge < -0.3 is 0 Å². The van der Waals surface area contributed by atoms with Gasteiger partial charge in [-0.25, -0.2) is 8.42 Å². The van der Waals surface area contributed by atoms with Crippen LogP contribution in [0.3, 0.4) is 0 Å². The van der Waals surface area contributed by atoms with E-state index in [1.54, 1.807) is 13.0 Å². The van der Waals surface area contributed by atoms with Crippen molar-refractivity contribution >= 4 is 20.0 Å². The van der Waals surface area contributed by atoms with Crippen LogP contribution in [0.1, 0.15) is 167 Å². The Labute approximate surface area is 254 Å². The molecular weight excluding hydrogens is 565 g/mol. The summed E-state index contributed by atoms with van der Waals surface area (Å²) >= 11 is 0. The van der Waals surface area contributed by atoms with Crippen molar-refractivity contribution in [1.82, 2.24) is 0 Å². The van der Waals surface area contributed by atoms with Crippen LogP contribution in [0, 0.1) is 6.92 Å². The van der Waals surface area contributed by atoms with Crippen LogP contribution in [0.5, 0.6) is 0 Å². The van der Waals surface area contributed by atoms with Gasteiger partial charge in [-0.1, -0.05) is 89.8 Å². The summed E-state index contributed by atoms with van der Waals surface area (Å²) < 4.78 is 63.8. The van der Waals surface area contributed by atoms with Gasteiger partial charge >= 0.3 is 0 Å². The molecule has 3 aliphatic carbocycles. The lowest BCUT2D eigenvalue weighted by molar-refractivity contribution is 0.419. The Balaban J connectivity index is 1.67. The van der Waals surface area contributed by atoms with E-state index in [1.165, 1.54) is 56.6 Å². The van der Waals surface area contributed by atoms with Crippen LogP contribution in [0.2, 0.25) is 0 Å². The van der Waals surface area contributed by atoms with E-state index in [9.17, 15) is 21.4 Å². The highest BCUT2D eigenvalue weighted by Gasteiger charge is 2.34. The molecular formula is C35H50O5S2. The Kier molecular flexibility index (Phi) is 9.90. The molecule has 0 aliphatic heterocycles. The standard InChI is InChI=1S/C35H50O5S2/c1-24(2)31-22-30(25(3)19-34(31)42(38,39)40)23-41(36,37)35-32(27-15-9-5-10-16-27)20-29(26-13-7-4-8-14-26)21-33(35)28-17-11-6-12-18-28/h19-22,24,26-28H,4-18,23H2,1-3H3,(H,38,39,40). The van der Waals surface area contributed by atoms with Crippen LogP contribution < -0.4 is 0 Å². The molecule has 0 spiro atoms. The Morgan fingerprint density at radius 3 is 1.57 bits per heavy atom. The first-order chi connectivity index (χ1) is 20.0. The van der Waals surface area contributed by atoms with Crippen LogP contribution in [-0.2, 0) is 25.7 Å². The van der Waals surface area contributed by atoms with Gasteiger partial charge in [0, 0.05) is 0 Å². The van der Waals surface area contributed by atoms with E-state index in [4.69, 9.17) is 0 Å². The van der Waals surface area contributed by atoms with E-state index in [0.29, 0.717) is 27.5 Å². The molecule has 0 aromatic heterocycles. The molecule has 3 fully saturated rings. The molecule has 232 valence electrons. The van der Waals surface area contributed by atoms with E-state index >= 15 is 0 Å². The molecule has 2 aromatic rings. The molecule has 3 aliphatic rings. The SMILES string of the molecule is Cc1cc(S(=O)(=O)O)c(C(C)C)cc1CS(=O)(=O)c1c(C2CCCCC2)cc(C2CCCCC2)cc1C1CCCCC1. The maximum atomic E-state index is 14.8. The lowest BCUT2D eigenvalue weighted by atomic mass is 9.76. The first-order valence-corrected chi connectivity index (χ1v) is 19.6. The third-order valence-corrected chi connectivity index (χ3v) is 13.1. The van der Waals surface area contributed by atoms with Crippen molar-refractivity contribution in [3.63, 3.8) is 0 Å². The third kappa shape index (κ3) is 6.99. The van der Waals surface area contributed by atoms with Gasteiger partial charge in [-0.2, -0.15) is 8.42 Å². The third-order valence-electron chi connectivity index (χ3n) is 10.4. The summed E-state index contributed by atoms with van der Waals surface area (Å²) in [6.07, 6.45) is 17.3. The van der Waals surface area contributed by atoms with Crippen LogP contribution in [0.25, 0.3) is 0 Å². The lowest BCUT2D eigenvalue weighted by Crippen LogP contribution is -2.20. The van der Waals surface area contributed by atoms with Crippen molar-refractivity contribution in [2.75, 3.05) is 0 Å². The van der Waals surface area contributed by atoms with E-state index in [1.807, 2.05) is 13.8 Å². The minimum atomic E-state index is -4.42. The zero-order valence-electron chi connectivity index (χ0n) is 25.8. The lowest BCUT2D eigenvalue weighted by Gasteiger charge is -2.32. The summed E-state index contributed by atoms with van der Waals surface area (Å²) in [7, 11) is -8.17. The second kappa shape index (κ2) is 13.1. The Hall–Kier alpha value is -1.70. The van der Waals surface area contributed by atoms with Gasteiger partial charge in [-0.05, 0) is 109 Å². The maximum Gasteiger partial charge on any atom is 0.294 e. The molecule has 0 atom stereocenters. The molecule has 3 saturated carbocycles. The zero-order chi connectivity index (χ0) is 30.1. The fraction of sp³-hybridized carbons (Fsp3) is 0.657. The van der Waals surface area contributed by atoms with Gasteiger partial charge in [0.1, 0.15) is 0 Å². The van der Waals surface area contributed by atoms with Gasteiger partial charge in [0.25, 0.3) is 10.1 Å².